The van der Waals surface area contributed by atoms with Crippen LogP contribution in [0.1, 0.15) is 45.7 Å². The molecule has 21 heavy (non-hydrogen) atoms. The van der Waals surface area contributed by atoms with E-state index in [-0.39, 0.29) is 5.91 Å². The molecule has 1 aromatic rings. The number of anilines is 1. The fourth-order valence-corrected chi connectivity index (χ4v) is 1.72. The highest BCUT2D eigenvalue weighted by molar-refractivity contribution is 5.97. The van der Waals surface area contributed by atoms with Gasteiger partial charge in [0.05, 0.1) is 18.0 Å². The van der Waals surface area contributed by atoms with Crippen LogP contribution in [0.2, 0.25) is 0 Å². The van der Waals surface area contributed by atoms with Crippen LogP contribution in [0.4, 0.5) is 5.69 Å². The van der Waals surface area contributed by atoms with Gasteiger partial charge in [-0.25, -0.2) is 4.98 Å². The Hall–Kier alpha value is -1.62. The molecule has 1 N–H and O–H groups in total. The number of nitrogens with one attached hydrogen (secondary N) is 1. The molecule has 0 aliphatic carbocycles. The molecule has 1 heterocycles. The van der Waals surface area contributed by atoms with Crippen molar-refractivity contribution >= 4 is 11.6 Å². The van der Waals surface area contributed by atoms with Crippen molar-refractivity contribution in [1.29, 1.82) is 0 Å². The molecule has 5 heteroatoms. The molecular formula is C16H26N2O3. The van der Waals surface area contributed by atoms with E-state index in [0.29, 0.717) is 24.6 Å². The van der Waals surface area contributed by atoms with E-state index in [1.807, 2.05) is 19.9 Å². The molecule has 5 nitrogen and oxygen atoms in total. The number of hydrogen-bond donors (Lipinski definition) is 1. The molecule has 0 spiro atoms. The first-order valence-electron chi connectivity index (χ1n) is 7.43. The van der Waals surface area contributed by atoms with Crippen molar-refractivity contribution in [3.05, 3.63) is 17.8 Å². The fraction of sp³-hybridized carbons (Fsp3) is 0.625. The van der Waals surface area contributed by atoms with Crippen LogP contribution in [0, 0.1) is 6.92 Å². The van der Waals surface area contributed by atoms with E-state index in [1.54, 1.807) is 20.1 Å². The van der Waals surface area contributed by atoms with Crippen LogP contribution in [0.15, 0.2) is 12.1 Å². The highest BCUT2D eigenvalue weighted by Crippen LogP contribution is 2.21. The molecule has 0 fully saturated rings. The Morgan fingerprint density at radius 3 is 2.62 bits per heavy atom. The van der Waals surface area contributed by atoms with Crippen molar-refractivity contribution in [2.45, 2.75) is 52.6 Å². The maximum Gasteiger partial charge on any atom is 0.256 e. The molecule has 0 saturated carbocycles. The second kappa shape index (κ2) is 7.98. The van der Waals surface area contributed by atoms with Gasteiger partial charge in [-0.3, -0.25) is 4.79 Å². The predicted octanol–water partition coefficient (Wildman–Crippen LogP) is 3.32. The molecule has 1 atom stereocenters. The summed E-state index contributed by atoms with van der Waals surface area (Å²) in [7, 11) is 1.54. The third-order valence-electron chi connectivity index (χ3n) is 3.66. The Balaban J connectivity index is 2.74. The molecule has 0 bridgehead atoms. The van der Waals surface area contributed by atoms with Crippen molar-refractivity contribution in [3.63, 3.8) is 0 Å². The van der Waals surface area contributed by atoms with Crippen molar-refractivity contribution < 1.29 is 14.3 Å². The molecule has 0 aliphatic rings. The lowest BCUT2D eigenvalue weighted by atomic mass is 10.0. The number of carbonyl (C=O) groups excluding carboxylic acids is 1. The average Bonchev–Trinajstić information content (AvgIpc) is 2.49. The third-order valence-corrected chi connectivity index (χ3v) is 3.66. The fourth-order valence-electron chi connectivity index (χ4n) is 1.72. The standard InChI is InChI=1S/C16H26N2O3/c1-6-8-11-21-14-10-9-13(12(3)17-14)18-15(19)16(4,7-2)20-5/h9-10H,6-8,11H2,1-5H3,(H,18,19)/t16-/m1/s1. The topological polar surface area (TPSA) is 60.5 Å². The van der Waals surface area contributed by atoms with E-state index < -0.39 is 5.60 Å². The molecule has 1 amide bonds. The summed E-state index contributed by atoms with van der Waals surface area (Å²) in [5.41, 5.74) is 0.578. The second-order valence-corrected chi connectivity index (χ2v) is 5.23. The SMILES string of the molecule is CCCCOc1ccc(NC(=O)[C@@](C)(CC)OC)c(C)n1. The Bertz CT molecular complexity index is 471. The number of hydrogen-bond acceptors (Lipinski definition) is 4. The first kappa shape index (κ1) is 17.4. The smallest absolute Gasteiger partial charge is 0.256 e. The van der Waals surface area contributed by atoms with Gasteiger partial charge in [-0.15, -0.1) is 0 Å². The van der Waals surface area contributed by atoms with Gasteiger partial charge in [-0.2, -0.15) is 0 Å². The third kappa shape index (κ3) is 4.70. The number of aromatic nitrogens is 1. The predicted molar refractivity (Wildman–Crippen MR) is 83.7 cm³/mol. The van der Waals surface area contributed by atoms with Crippen LogP contribution >= 0.6 is 0 Å². The quantitative estimate of drug-likeness (QED) is 0.747. The van der Waals surface area contributed by atoms with Crippen LogP contribution in [0.25, 0.3) is 0 Å². The van der Waals surface area contributed by atoms with Crippen LogP contribution in [0.5, 0.6) is 5.88 Å². The summed E-state index contributed by atoms with van der Waals surface area (Å²) in [6.45, 7) is 8.30. The van der Waals surface area contributed by atoms with Crippen LogP contribution < -0.4 is 10.1 Å². The number of methoxy groups -OCH3 is 1. The summed E-state index contributed by atoms with van der Waals surface area (Å²) >= 11 is 0. The molecule has 0 aromatic carbocycles. The number of carbonyl (C=O) groups is 1. The highest BCUT2D eigenvalue weighted by Gasteiger charge is 2.31. The van der Waals surface area contributed by atoms with Crippen LogP contribution in [-0.4, -0.2) is 30.2 Å². The summed E-state index contributed by atoms with van der Waals surface area (Å²) < 4.78 is 10.8. The van der Waals surface area contributed by atoms with Gasteiger partial charge in [0.25, 0.3) is 5.91 Å². The summed E-state index contributed by atoms with van der Waals surface area (Å²) in [6, 6.07) is 3.58. The first-order valence-corrected chi connectivity index (χ1v) is 7.43. The first-order chi connectivity index (χ1) is 9.96. The number of aryl methyl sites for hydroxylation is 1. The van der Waals surface area contributed by atoms with Gasteiger partial charge in [0.1, 0.15) is 5.60 Å². The summed E-state index contributed by atoms with van der Waals surface area (Å²) in [6.07, 6.45) is 2.68. The Morgan fingerprint density at radius 1 is 1.38 bits per heavy atom. The lowest BCUT2D eigenvalue weighted by Gasteiger charge is -2.25. The molecule has 0 saturated heterocycles. The van der Waals surface area contributed by atoms with E-state index >= 15 is 0 Å². The molecule has 0 radical (unpaired) electrons. The van der Waals surface area contributed by atoms with E-state index in [4.69, 9.17) is 9.47 Å². The van der Waals surface area contributed by atoms with Crippen molar-refractivity contribution in [2.75, 3.05) is 19.0 Å². The number of pyridine rings is 1. The van der Waals surface area contributed by atoms with E-state index in [9.17, 15) is 4.79 Å². The van der Waals surface area contributed by atoms with Gasteiger partial charge >= 0.3 is 0 Å². The summed E-state index contributed by atoms with van der Waals surface area (Å²) in [4.78, 5) is 16.6. The summed E-state index contributed by atoms with van der Waals surface area (Å²) in [5.74, 6) is 0.418. The summed E-state index contributed by atoms with van der Waals surface area (Å²) in [5, 5.41) is 2.87. The van der Waals surface area contributed by atoms with Gasteiger partial charge in [-0.05, 0) is 32.8 Å². The molecule has 0 unspecified atom stereocenters. The molecule has 118 valence electrons. The van der Waals surface area contributed by atoms with Gasteiger partial charge in [0.15, 0.2) is 0 Å². The minimum Gasteiger partial charge on any atom is -0.478 e. The molecule has 1 rings (SSSR count). The monoisotopic (exact) mass is 294 g/mol. The number of amides is 1. The van der Waals surface area contributed by atoms with Crippen LogP contribution in [-0.2, 0) is 9.53 Å². The van der Waals surface area contributed by atoms with Gasteiger partial charge in [0, 0.05) is 13.2 Å². The normalized spacial score (nSPS) is 13.6. The zero-order chi connectivity index (χ0) is 15.9. The average molecular weight is 294 g/mol. The van der Waals surface area contributed by atoms with Crippen molar-refractivity contribution in [1.82, 2.24) is 4.98 Å². The lowest BCUT2D eigenvalue weighted by Crippen LogP contribution is -2.41. The molecular weight excluding hydrogens is 268 g/mol. The Labute approximate surface area is 127 Å². The molecule has 1 aromatic heterocycles. The highest BCUT2D eigenvalue weighted by atomic mass is 16.5. The second-order valence-electron chi connectivity index (χ2n) is 5.23. The number of ether oxygens (including phenoxy) is 2. The van der Waals surface area contributed by atoms with Gasteiger partial charge in [0.2, 0.25) is 5.88 Å². The zero-order valence-corrected chi connectivity index (χ0v) is 13.7. The van der Waals surface area contributed by atoms with Gasteiger partial charge in [-0.1, -0.05) is 20.3 Å². The minimum atomic E-state index is -0.831. The van der Waals surface area contributed by atoms with Crippen molar-refractivity contribution in [3.8, 4) is 5.88 Å². The van der Waals surface area contributed by atoms with E-state index in [2.05, 4.69) is 17.2 Å². The minimum absolute atomic E-state index is 0.169. The molecule has 0 aliphatic heterocycles. The Kier molecular flexibility index (Phi) is 6.62. The van der Waals surface area contributed by atoms with E-state index in [0.717, 1.165) is 18.5 Å². The van der Waals surface area contributed by atoms with Gasteiger partial charge < -0.3 is 14.8 Å². The zero-order valence-electron chi connectivity index (χ0n) is 13.7. The largest absolute Gasteiger partial charge is 0.478 e. The Morgan fingerprint density at radius 2 is 2.10 bits per heavy atom. The number of unbranched alkanes of at least 4 members (excludes halogenated alkanes) is 1. The number of nitrogens with zero attached hydrogens (tertiary/aromatic N) is 1. The lowest BCUT2D eigenvalue weighted by molar-refractivity contribution is -0.136. The maximum absolute atomic E-state index is 12.2. The number of rotatable bonds is 8. The maximum atomic E-state index is 12.2. The van der Waals surface area contributed by atoms with Crippen LogP contribution in [0.3, 0.4) is 0 Å². The van der Waals surface area contributed by atoms with Crippen molar-refractivity contribution in [2.24, 2.45) is 0 Å². The van der Waals surface area contributed by atoms with E-state index in [1.165, 1.54) is 0 Å².